The van der Waals surface area contributed by atoms with Gasteiger partial charge in [0.2, 0.25) is 0 Å². The van der Waals surface area contributed by atoms with Gasteiger partial charge in [-0.2, -0.15) is 0 Å². The quantitative estimate of drug-likeness (QED) is 0.145. The summed E-state index contributed by atoms with van der Waals surface area (Å²) in [5.41, 5.74) is -0.266. The zero-order valence-electron chi connectivity index (χ0n) is 23.6. The number of H-pyrrole nitrogens is 1. The third kappa shape index (κ3) is 8.56. The van der Waals surface area contributed by atoms with Gasteiger partial charge in [0.25, 0.3) is 0 Å². The van der Waals surface area contributed by atoms with Crippen LogP contribution in [0.2, 0.25) is 0 Å². The normalized spacial score (nSPS) is 35.0. The number of ether oxygens (including phenoxy) is 6. The van der Waals surface area contributed by atoms with Crippen LogP contribution in [0, 0.1) is 5.92 Å². The van der Waals surface area contributed by atoms with E-state index in [1.165, 1.54) is 19.6 Å². The second-order valence-corrected chi connectivity index (χ2v) is 11.0. The van der Waals surface area contributed by atoms with Gasteiger partial charge < -0.3 is 64.3 Å². The number of hydrogen-bond donors (Lipinski definition) is 7. The molecule has 0 saturated carbocycles. The molecular formula is C25H41N3O13. The van der Waals surface area contributed by atoms with Crippen molar-refractivity contribution in [3.05, 3.63) is 18.2 Å². The van der Waals surface area contributed by atoms with Gasteiger partial charge in [0.05, 0.1) is 25.1 Å². The molecule has 7 N–H and O–H groups in total. The highest BCUT2D eigenvalue weighted by Gasteiger charge is 2.50. The molecule has 2 fully saturated rings. The van der Waals surface area contributed by atoms with Crippen molar-refractivity contribution in [3.63, 3.8) is 0 Å². The number of alkyl carbamates (subject to hydrolysis) is 1. The Bertz CT molecular complexity index is 972. The van der Waals surface area contributed by atoms with Crippen molar-refractivity contribution in [1.29, 1.82) is 0 Å². The van der Waals surface area contributed by atoms with Gasteiger partial charge in [-0.05, 0) is 20.8 Å². The minimum Gasteiger partial charge on any atom is -0.461 e. The molecule has 1 aromatic rings. The number of carbonyl (C=O) groups excluding carboxylic acids is 2. The van der Waals surface area contributed by atoms with Crippen molar-refractivity contribution >= 4 is 12.1 Å². The van der Waals surface area contributed by atoms with Gasteiger partial charge in [-0.15, -0.1) is 0 Å². The highest BCUT2D eigenvalue weighted by Crippen LogP contribution is 2.31. The lowest BCUT2D eigenvalue weighted by Gasteiger charge is -2.46. The second kappa shape index (κ2) is 14.2. The molecule has 11 atom stereocenters. The number of aliphatic hydroxyl groups is 5. The predicted octanol–water partition coefficient (Wildman–Crippen LogP) is -2.06. The molecule has 3 rings (SSSR count). The first kappa shape index (κ1) is 33.1. The van der Waals surface area contributed by atoms with Crippen molar-refractivity contribution < 1.29 is 63.5 Å². The number of aromatic nitrogens is 2. The van der Waals surface area contributed by atoms with Crippen molar-refractivity contribution in [1.82, 2.24) is 15.3 Å². The molecule has 1 amide bonds. The van der Waals surface area contributed by atoms with Crippen LogP contribution in [-0.2, 0) is 39.6 Å². The fourth-order valence-electron chi connectivity index (χ4n) is 4.47. The summed E-state index contributed by atoms with van der Waals surface area (Å²) in [6, 6.07) is -1.16. The maximum atomic E-state index is 13.0. The summed E-state index contributed by atoms with van der Waals surface area (Å²) >= 11 is 0. The molecular weight excluding hydrogens is 550 g/mol. The van der Waals surface area contributed by atoms with Crippen LogP contribution in [-0.4, -0.2) is 135 Å². The van der Waals surface area contributed by atoms with E-state index < -0.39 is 98.1 Å². The molecule has 0 aliphatic carbocycles. The highest BCUT2D eigenvalue weighted by molar-refractivity contribution is 5.81. The van der Waals surface area contributed by atoms with Crippen molar-refractivity contribution in [2.24, 2.45) is 5.92 Å². The van der Waals surface area contributed by atoms with Gasteiger partial charge in [-0.25, -0.2) is 14.6 Å². The van der Waals surface area contributed by atoms with Crippen LogP contribution in [0.5, 0.6) is 0 Å². The summed E-state index contributed by atoms with van der Waals surface area (Å²) in [5.74, 6) is -1.57. The van der Waals surface area contributed by atoms with E-state index in [1.807, 2.05) is 0 Å². The van der Waals surface area contributed by atoms with E-state index >= 15 is 0 Å². The number of hydrogen-bond acceptors (Lipinski definition) is 14. The molecule has 16 heteroatoms. The summed E-state index contributed by atoms with van der Waals surface area (Å²) < 4.78 is 32.5. The molecule has 3 heterocycles. The molecule has 2 aliphatic rings. The third-order valence-corrected chi connectivity index (χ3v) is 6.75. The van der Waals surface area contributed by atoms with Gasteiger partial charge in [-0.3, -0.25) is 0 Å². The second-order valence-electron chi connectivity index (χ2n) is 11.0. The number of imidazole rings is 1. The average molecular weight is 592 g/mol. The molecule has 2 aliphatic heterocycles. The Labute approximate surface area is 236 Å². The lowest BCUT2D eigenvalue weighted by Crippen LogP contribution is -2.63. The number of carbonyl (C=O) groups is 2. The summed E-state index contributed by atoms with van der Waals surface area (Å²) in [5, 5.41) is 54.3. The first-order valence-electron chi connectivity index (χ1n) is 13.2. The molecule has 2 saturated heterocycles. The Morgan fingerprint density at radius 3 is 2.32 bits per heavy atom. The zero-order chi connectivity index (χ0) is 30.5. The molecule has 5 unspecified atom stereocenters. The minimum absolute atomic E-state index is 0.0130. The Kier molecular flexibility index (Phi) is 11.4. The van der Waals surface area contributed by atoms with Gasteiger partial charge in [0, 0.05) is 31.3 Å². The third-order valence-electron chi connectivity index (χ3n) is 6.75. The summed E-state index contributed by atoms with van der Waals surface area (Å²) in [6.07, 6.45) is -10.4. The highest BCUT2D eigenvalue weighted by atomic mass is 16.7. The number of aliphatic hydroxyl groups excluding tert-OH is 5. The maximum absolute atomic E-state index is 13.0. The minimum atomic E-state index is -1.60. The standard InChI is InChI=1S/C25H41N3O13/c1-11-15(9-37-21(34)13(6-12-7-26-10-27-12)28-24(35)41-25(2,3)4)39-23(18(32)16(11)30)40-20-14(8-29)38-22(36-5)19(33)17(20)31/h7,10-11,13-20,22-23,29-33H,6,8-9H2,1-5H3,(H,26,27)(H,28,35)/t11-,13?,14+,15?,16+,17?,18?,19?,20-,22-,23+/m1/s1. The number of esters is 1. The first-order chi connectivity index (χ1) is 19.2. The molecule has 234 valence electrons. The van der Waals surface area contributed by atoms with Crippen LogP contribution in [0.1, 0.15) is 33.4 Å². The fraction of sp³-hybridized carbons (Fsp3) is 0.800. The van der Waals surface area contributed by atoms with E-state index in [2.05, 4.69) is 15.3 Å². The van der Waals surface area contributed by atoms with Crippen LogP contribution in [0.4, 0.5) is 4.79 Å². The summed E-state index contributed by atoms with van der Waals surface area (Å²) in [4.78, 5) is 32.2. The SMILES string of the molecule is CO[C@@H]1O[C@@H](CO)[C@@H](O[C@@H]2OC(COC(=O)C(Cc3cnc[nH]3)NC(=O)OC(C)(C)C)[C@@H](C)[C@H](O)C2O)C(O)C1O. The van der Waals surface area contributed by atoms with Crippen LogP contribution in [0.3, 0.4) is 0 Å². The molecule has 0 aromatic carbocycles. The van der Waals surface area contributed by atoms with E-state index in [0.29, 0.717) is 5.69 Å². The van der Waals surface area contributed by atoms with Crippen LogP contribution in [0.25, 0.3) is 0 Å². The number of nitrogens with one attached hydrogen (secondary N) is 2. The molecule has 41 heavy (non-hydrogen) atoms. The van der Waals surface area contributed by atoms with Crippen molar-refractivity contribution in [2.75, 3.05) is 20.3 Å². The number of amides is 1. The Morgan fingerprint density at radius 1 is 1.07 bits per heavy atom. The molecule has 0 bridgehead atoms. The van der Waals surface area contributed by atoms with Crippen molar-refractivity contribution in [2.45, 2.75) is 101 Å². The topological polar surface area (TPSA) is 231 Å². The Balaban J connectivity index is 1.68. The van der Waals surface area contributed by atoms with Gasteiger partial charge in [0.15, 0.2) is 12.6 Å². The van der Waals surface area contributed by atoms with Gasteiger partial charge in [0.1, 0.15) is 48.8 Å². The van der Waals surface area contributed by atoms with Crippen LogP contribution in [0.15, 0.2) is 12.5 Å². The predicted molar refractivity (Wildman–Crippen MR) is 136 cm³/mol. The van der Waals surface area contributed by atoms with E-state index in [4.69, 9.17) is 28.4 Å². The summed E-state index contributed by atoms with van der Waals surface area (Å²) in [7, 11) is 1.25. The van der Waals surface area contributed by atoms with Gasteiger partial charge in [-0.1, -0.05) is 6.92 Å². The number of rotatable bonds is 10. The molecule has 0 radical (unpaired) electrons. The van der Waals surface area contributed by atoms with Gasteiger partial charge >= 0.3 is 12.1 Å². The van der Waals surface area contributed by atoms with E-state index in [1.54, 1.807) is 27.7 Å². The monoisotopic (exact) mass is 591 g/mol. The lowest BCUT2D eigenvalue weighted by molar-refractivity contribution is -0.353. The summed E-state index contributed by atoms with van der Waals surface area (Å²) in [6.45, 7) is 5.55. The number of methoxy groups -OCH3 is 1. The average Bonchev–Trinajstić information content (AvgIpc) is 3.42. The van der Waals surface area contributed by atoms with E-state index in [0.717, 1.165) is 0 Å². The largest absolute Gasteiger partial charge is 0.461 e. The Hall–Kier alpha value is -2.41. The molecule has 1 aromatic heterocycles. The lowest BCUT2D eigenvalue weighted by atomic mass is 9.90. The van der Waals surface area contributed by atoms with E-state index in [-0.39, 0.29) is 6.42 Å². The first-order valence-corrected chi connectivity index (χ1v) is 13.2. The fourth-order valence-corrected chi connectivity index (χ4v) is 4.47. The van der Waals surface area contributed by atoms with Crippen molar-refractivity contribution in [3.8, 4) is 0 Å². The maximum Gasteiger partial charge on any atom is 0.408 e. The smallest absolute Gasteiger partial charge is 0.408 e. The van der Waals surface area contributed by atoms with E-state index in [9.17, 15) is 35.1 Å². The molecule has 16 nitrogen and oxygen atoms in total. The Morgan fingerprint density at radius 2 is 1.73 bits per heavy atom. The number of nitrogens with zero attached hydrogens (tertiary/aromatic N) is 1. The van der Waals surface area contributed by atoms with Crippen LogP contribution >= 0.6 is 0 Å². The number of aromatic amines is 1. The van der Waals surface area contributed by atoms with Crippen LogP contribution < -0.4 is 5.32 Å². The zero-order valence-corrected chi connectivity index (χ0v) is 23.6. The molecule has 0 spiro atoms.